The molecule has 0 aliphatic carbocycles. The van der Waals surface area contributed by atoms with E-state index in [-0.39, 0.29) is 6.10 Å². The Morgan fingerprint density at radius 2 is 1.73 bits per heavy atom. The standard InChI is InChI=1S/C10H14O/c1-8-4-6-10(7-5-8)9(2)11-3/h4-7,9H,1-3H3/t9-/m1/s1. The van der Waals surface area contributed by atoms with Gasteiger partial charge in [0.05, 0.1) is 6.10 Å². The summed E-state index contributed by atoms with van der Waals surface area (Å²) in [6.07, 6.45) is 0.204. The third kappa shape index (κ3) is 2.05. The molecule has 0 unspecified atom stereocenters. The Hall–Kier alpha value is -0.820. The second kappa shape index (κ2) is 3.54. The van der Waals surface area contributed by atoms with Gasteiger partial charge < -0.3 is 4.74 Å². The minimum Gasteiger partial charge on any atom is -0.377 e. The van der Waals surface area contributed by atoms with Gasteiger partial charge in [0.25, 0.3) is 0 Å². The molecule has 0 aromatic heterocycles. The maximum absolute atomic E-state index is 5.18. The van der Waals surface area contributed by atoms with Gasteiger partial charge in [-0.05, 0) is 19.4 Å². The molecule has 0 aliphatic rings. The second-order valence-corrected chi connectivity index (χ2v) is 2.79. The van der Waals surface area contributed by atoms with Gasteiger partial charge in [0.1, 0.15) is 0 Å². The third-order valence-electron chi connectivity index (χ3n) is 1.90. The number of hydrogen-bond acceptors (Lipinski definition) is 1. The Balaban J connectivity index is 2.81. The predicted molar refractivity (Wildman–Crippen MR) is 46.6 cm³/mol. The maximum Gasteiger partial charge on any atom is 0.0793 e. The Kier molecular flexibility index (Phi) is 2.66. The van der Waals surface area contributed by atoms with E-state index >= 15 is 0 Å². The first-order chi connectivity index (χ1) is 5.24. The fraction of sp³-hybridized carbons (Fsp3) is 0.400. The van der Waals surface area contributed by atoms with Crippen molar-refractivity contribution in [3.8, 4) is 0 Å². The molecule has 0 spiro atoms. The van der Waals surface area contributed by atoms with Crippen LogP contribution < -0.4 is 0 Å². The smallest absolute Gasteiger partial charge is 0.0793 e. The number of benzene rings is 1. The Bertz CT molecular complexity index is 213. The van der Waals surface area contributed by atoms with Crippen LogP contribution in [-0.2, 0) is 4.74 Å². The highest BCUT2D eigenvalue weighted by atomic mass is 16.5. The first-order valence-corrected chi connectivity index (χ1v) is 3.83. The number of methoxy groups -OCH3 is 1. The van der Waals surface area contributed by atoms with Crippen LogP contribution in [0.5, 0.6) is 0 Å². The SMILES string of the molecule is CO[C@H](C)c1ccc(C)cc1. The minimum atomic E-state index is 0.204. The van der Waals surface area contributed by atoms with E-state index in [1.165, 1.54) is 11.1 Å². The summed E-state index contributed by atoms with van der Waals surface area (Å²) in [5, 5.41) is 0. The first-order valence-electron chi connectivity index (χ1n) is 3.83. The van der Waals surface area contributed by atoms with Crippen LogP contribution in [-0.4, -0.2) is 7.11 Å². The van der Waals surface area contributed by atoms with Crippen molar-refractivity contribution in [2.75, 3.05) is 7.11 Å². The molecule has 0 saturated heterocycles. The molecule has 1 atom stereocenters. The topological polar surface area (TPSA) is 9.23 Å². The van der Waals surface area contributed by atoms with Crippen molar-refractivity contribution in [2.24, 2.45) is 0 Å². The van der Waals surface area contributed by atoms with Crippen LogP contribution in [0.25, 0.3) is 0 Å². The molecule has 0 amide bonds. The van der Waals surface area contributed by atoms with E-state index < -0.39 is 0 Å². The van der Waals surface area contributed by atoms with E-state index in [0.717, 1.165) is 0 Å². The molecular formula is C10H14O. The fourth-order valence-electron chi connectivity index (χ4n) is 0.974. The van der Waals surface area contributed by atoms with Crippen molar-refractivity contribution < 1.29 is 4.74 Å². The molecule has 0 bridgehead atoms. The second-order valence-electron chi connectivity index (χ2n) is 2.79. The van der Waals surface area contributed by atoms with Crippen molar-refractivity contribution in [2.45, 2.75) is 20.0 Å². The summed E-state index contributed by atoms with van der Waals surface area (Å²) in [4.78, 5) is 0. The van der Waals surface area contributed by atoms with Crippen molar-refractivity contribution in [3.05, 3.63) is 35.4 Å². The van der Waals surface area contributed by atoms with E-state index in [1.54, 1.807) is 7.11 Å². The molecule has 1 aromatic carbocycles. The Morgan fingerprint density at radius 1 is 1.18 bits per heavy atom. The summed E-state index contributed by atoms with van der Waals surface area (Å²) in [5.74, 6) is 0. The lowest BCUT2D eigenvalue weighted by molar-refractivity contribution is 0.119. The molecule has 0 fully saturated rings. The highest BCUT2D eigenvalue weighted by Gasteiger charge is 2.00. The number of ether oxygens (including phenoxy) is 1. The largest absolute Gasteiger partial charge is 0.377 e. The fourth-order valence-corrected chi connectivity index (χ4v) is 0.974. The van der Waals surface area contributed by atoms with Gasteiger partial charge >= 0.3 is 0 Å². The van der Waals surface area contributed by atoms with Crippen molar-refractivity contribution in [3.63, 3.8) is 0 Å². The molecule has 0 saturated carbocycles. The predicted octanol–water partition coefficient (Wildman–Crippen LogP) is 2.70. The quantitative estimate of drug-likeness (QED) is 0.629. The van der Waals surface area contributed by atoms with E-state index in [0.29, 0.717) is 0 Å². The molecule has 0 radical (unpaired) electrons. The summed E-state index contributed by atoms with van der Waals surface area (Å²) >= 11 is 0. The van der Waals surface area contributed by atoms with Crippen LogP contribution in [0, 0.1) is 6.92 Å². The zero-order chi connectivity index (χ0) is 8.27. The van der Waals surface area contributed by atoms with E-state index in [9.17, 15) is 0 Å². The molecule has 1 nitrogen and oxygen atoms in total. The van der Waals surface area contributed by atoms with Gasteiger partial charge in [-0.1, -0.05) is 29.8 Å². The Labute approximate surface area is 68.0 Å². The number of aryl methyl sites for hydroxylation is 1. The number of rotatable bonds is 2. The molecule has 1 rings (SSSR count). The molecule has 0 aliphatic heterocycles. The average Bonchev–Trinajstić information content (AvgIpc) is 2.05. The molecule has 11 heavy (non-hydrogen) atoms. The van der Waals surface area contributed by atoms with Gasteiger partial charge in [-0.3, -0.25) is 0 Å². The normalized spacial score (nSPS) is 13.0. The van der Waals surface area contributed by atoms with Gasteiger partial charge in [-0.2, -0.15) is 0 Å². The lowest BCUT2D eigenvalue weighted by atomic mass is 10.1. The van der Waals surface area contributed by atoms with Crippen molar-refractivity contribution in [1.29, 1.82) is 0 Å². The first kappa shape index (κ1) is 8.28. The molecular weight excluding hydrogens is 136 g/mol. The zero-order valence-corrected chi connectivity index (χ0v) is 7.29. The highest BCUT2D eigenvalue weighted by molar-refractivity contribution is 5.22. The molecule has 1 heteroatoms. The van der Waals surface area contributed by atoms with Crippen LogP contribution in [0.15, 0.2) is 24.3 Å². The molecule has 1 aromatic rings. The van der Waals surface area contributed by atoms with Crippen molar-refractivity contribution >= 4 is 0 Å². The highest BCUT2D eigenvalue weighted by Crippen LogP contribution is 2.15. The summed E-state index contributed by atoms with van der Waals surface area (Å²) in [6, 6.07) is 8.41. The maximum atomic E-state index is 5.18. The van der Waals surface area contributed by atoms with Crippen LogP contribution in [0.4, 0.5) is 0 Å². The third-order valence-corrected chi connectivity index (χ3v) is 1.90. The van der Waals surface area contributed by atoms with E-state index in [2.05, 4.69) is 31.2 Å². The summed E-state index contributed by atoms with van der Waals surface area (Å²) in [6.45, 7) is 4.13. The monoisotopic (exact) mass is 150 g/mol. The lowest BCUT2D eigenvalue weighted by Crippen LogP contribution is -1.94. The molecule has 0 N–H and O–H groups in total. The van der Waals surface area contributed by atoms with Crippen LogP contribution in [0.2, 0.25) is 0 Å². The van der Waals surface area contributed by atoms with Gasteiger partial charge in [0.2, 0.25) is 0 Å². The van der Waals surface area contributed by atoms with Crippen LogP contribution in [0.1, 0.15) is 24.2 Å². The van der Waals surface area contributed by atoms with Gasteiger partial charge in [-0.15, -0.1) is 0 Å². The zero-order valence-electron chi connectivity index (χ0n) is 7.29. The Morgan fingerprint density at radius 3 is 2.18 bits per heavy atom. The minimum absolute atomic E-state index is 0.204. The van der Waals surface area contributed by atoms with Gasteiger partial charge in [-0.25, -0.2) is 0 Å². The van der Waals surface area contributed by atoms with E-state index in [1.807, 2.05) is 6.92 Å². The summed E-state index contributed by atoms with van der Waals surface area (Å²) in [7, 11) is 1.73. The molecule has 0 heterocycles. The average molecular weight is 150 g/mol. The number of hydrogen-bond donors (Lipinski definition) is 0. The van der Waals surface area contributed by atoms with Crippen LogP contribution >= 0.6 is 0 Å². The van der Waals surface area contributed by atoms with Crippen molar-refractivity contribution in [1.82, 2.24) is 0 Å². The van der Waals surface area contributed by atoms with E-state index in [4.69, 9.17) is 4.74 Å². The van der Waals surface area contributed by atoms with Crippen LogP contribution in [0.3, 0.4) is 0 Å². The lowest BCUT2D eigenvalue weighted by Gasteiger charge is -2.08. The summed E-state index contributed by atoms with van der Waals surface area (Å²) < 4.78 is 5.18. The van der Waals surface area contributed by atoms with Gasteiger partial charge in [0, 0.05) is 7.11 Å². The van der Waals surface area contributed by atoms with Gasteiger partial charge in [0.15, 0.2) is 0 Å². The summed E-state index contributed by atoms with van der Waals surface area (Å²) in [5.41, 5.74) is 2.52. The molecule has 60 valence electrons.